The van der Waals surface area contributed by atoms with Gasteiger partial charge in [-0.25, -0.2) is 0 Å². The summed E-state index contributed by atoms with van der Waals surface area (Å²) in [6.07, 6.45) is 2.38. The second-order valence-electron chi connectivity index (χ2n) is 13.6. The SMILES string of the molecule is COc1cc(OC)c2c(c1Cl)O[C@]1(C2=O)C(O)=C(C(CC(=O)NCC2c3c(cc4c(c3OC)OCO4)CCN2C)c2ccc(SC)cc2)C(=O)C[C@H]1C. The molecule has 0 bridgehead atoms. The molecule has 0 fully saturated rings. The molecule has 4 atom stereocenters. The minimum atomic E-state index is -1.99. The van der Waals surface area contributed by atoms with Crippen LogP contribution in [0.2, 0.25) is 5.02 Å². The number of amides is 1. The smallest absolute Gasteiger partial charge is 0.231 e. The normalized spacial score (nSPS) is 22.3. The minimum absolute atomic E-state index is 0.00602. The molecular weight excluding hydrogens is 724 g/mol. The first-order chi connectivity index (χ1) is 25.5. The van der Waals surface area contributed by atoms with Crippen molar-refractivity contribution in [3.8, 4) is 34.5 Å². The summed E-state index contributed by atoms with van der Waals surface area (Å²) in [4.78, 5) is 45.7. The first-order valence-electron chi connectivity index (χ1n) is 17.2. The van der Waals surface area contributed by atoms with Gasteiger partial charge in [0.25, 0.3) is 0 Å². The number of aliphatic hydroxyl groups is 1. The number of methoxy groups -OCH3 is 3. The lowest BCUT2D eigenvalue weighted by molar-refractivity contribution is -0.122. The number of allylic oxidation sites excluding steroid dienone is 1. The van der Waals surface area contributed by atoms with E-state index in [0.29, 0.717) is 22.8 Å². The lowest BCUT2D eigenvalue weighted by Crippen LogP contribution is -2.53. The van der Waals surface area contributed by atoms with E-state index >= 15 is 0 Å². The number of Topliss-reactive ketones (excluding diaryl/α,β-unsaturated/α-hetero) is 2. The highest BCUT2D eigenvalue weighted by Gasteiger charge is 2.61. The molecule has 0 aromatic heterocycles. The number of ether oxygens (including phenoxy) is 6. The standard InChI is InChI=1S/C39H41ClN2O10S/c1-19-13-25(43)31(37(45)39(19)38(46)32-26(47-3)16-27(48-4)33(40)35(32)52-39)23(20-7-9-22(53-6)10-8-20)15-29(44)41-17-24-30-21(11-12-42(24)2)14-28-34(36(30)49-5)51-18-50-28/h7-10,14,16,19,23-24,45H,11-13,15,17-18H2,1-6H3,(H,41,44)/t19-,23?,24?,39+/m1/s1. The van der Waals surface area contributed by atoms with Crippen LogP contribution in [0.5, 0.6) is 34.5 Å². The van der Waals surface area contributed by atoms with E-state index in [-0.39, 0.29) is 71.5 Å². The van der Waals surface area contributed by atoms with E-state index in [2.05, 4.69) is 10.2 Å². The molecule has 3 aromatic rings. The van der Waals surface area contributed by atoms with Crippen LogP contribution in [0.1, 0.15) is 58.8 Å². The van der Waals surface area contributed by atoms with Gasteiger partial charge in [0.1, 0.15) is 22.1 Å². The number of nitrogens with one attached hydrogen (secondary N) is 1. The largest absolute Gasteiger partial charge is 0.507 e. The Morgan fingerprint density at radius 2 is 1.83 bits per heavy atom. The molecule has 1 aliphatic carbocycles. The highest BCUT2D eigenvalue weighted by atomic mass is 35.5. The number of aliphatic hydroxyl groups excluding tert-OH is 1. The summed E-state index contributed by atoms with van der Waals surface area (Å²) < 4.78 is 34.5. The zero-order chi connectivity index (χ0) is 37.8. The van der Waals surface area contributed by atoms with Crippen molar-refractivity contribution < 1.29 is 47.9 Å². The topological polar surface area (TPSA) is 142 Å². The predicted octanol–water partition coefficient (Wildman–Crippen LogP) is 6.07. The van der Waals surface area contributed by atoms with Gasteiger partial charge in [-0.1, -0.05) is 30.7 Å². The number of carbonyl (C=O) groups is 3. The van der Waals surface area contributed by atoms with Gasteiger partial charge in [-0.3, -0.25) is 19.3 Å². The van der Waals surface area contributed by atoms with Gasteiger partial charge in [0.2, 0.25) is 29.8 Å². The number of likely N-dealkylation sites (N-methyl/N-ethyl adjacent to an activating group) is 1. The van der Waals surface area contributed by atoms with Crippen molar-refractivity contribution in [3.05, 3.63) is 75.0 Å². The van der Waals surface area contributed by atoms with Crippen LogP contribution >= 0.6 is 23.4 Å². The summed E-state index contributed by atoms with van der Waals surface area (Å²) in [6, 6.07) is 10.6. The molecule has 2 unspecified atom stereocenters. The molecule has 12 nitrogen and oxygen atoms in total. The van der Waals surface area contributed by atoms with E-state index < -0.39 is 34.8 Å². The number of rotatable bonds is 10. The molecule has 4 aliphatic rings. The van der Waals surface area contributed by atoms with Gasteiger partial charge in [0.15, 0.2) is 28.8 Å². The van der Waals surface area contributed by atoms with Crippen LogP contribution in [0.15, 0.2) is 52.6 Å². The Labute approximate surface area is 316 Å². The second kappa shape index (κ2) is 14.3. The van der Waals surface area contributed by atoms with Crippen LogP contribution in [-0.2, 0) is 16.0 Å². The predicted molar refractivity (Wildman–Crippen MR) is 197 cm³/mol. The lowest BCUT2D eigenvalue weighted by Gasteiger charge is -2.39. The van der Waals surface area contributed by atoms with E-state index in [1.807, 2.05) is 43.6 Å². The van der Waals surface area contributed by atoms with Crippen molar-refractivity contribution in [1.29, 1.82) is 0 Å². The Morgan fingerprint density at radius 1 is 1.09 bits per heavy atom. The van der Waals surface area contributed by atoms with E-state index in [1.54, 1.807) is 25.8 Å². The summed E-state index contributed by atoms with van der Waals surface area (Å²) in [6.45, 7) is 2.74. The first-order valence-corrected chi connectivity index (χ1v) is 18.8. The molecule has 53 heavy (non-hydrogen) atoms. The van der Waals surface area contributed by atoms with Crippen molar-refractivity contribution in [2.75, 3.05) is 54.5 Å². The van der Waals surface area contributed by atoms with Crippen LogP contribution in [0, 0.1) is 5.92 Å². The molecule has 14 heteroatoms. The second-order valence-corrected chi connectivity index (χ2v) is 14.8. The summed E-state index contributed by atoms with van der Waals surface area (Å²) >= 11 is 8.20. The number of thioether (sulfide) groups is 1. The average Bonchev–Trinajstić information content (AvgIpc) is 3.76. The van der Waals surface area contributed by atoms with Gasteiger partial charge < -0.3 is 38.8 Å². The molecule has 2 N–H and O–H groups in total. The third-order valence-corrected chi connectivity index (χ3v) is 11.9. The van der Waals surface area contributed by atoms with Crippen LogP contribution < -0.4 is 33.7 Å². The molecular formula is C39H41ClN2O10S. The van der Waals surface area contributed by atoms with E-state index in [4.69, 9.17) is 40.0 Å². The monoisotopic (exact) mass is 764 g/mol. The Morgan fingerprint density at radius 3 is 2.51 bits per heavy atom. The zero-order valence-electron chi connectivity index (χ0n) is 30.3. The Bertz CT molecular complexity index is 2040. The van der Waals surface area contributed by atoms with Crippen molar-refractivity contribution in [1.82, 2.24) is 10.2 Å². The average molecular weight is 765 g/mol. The third-order valence-electron chi connectivity index (χ3n) is 10.8. The van der Waals surface area contributed by atoms with Crippen molar-refractivity contribution in [2.45, 2.75) is 48.6 Å². The van der Waals surface area contributed by atoms with E-state index in [9.17, 15) is 19.5 Å². The van der Waals surface area contributed by atoms with Crippen LogP contribution in [-0.4, -0.2) is 87.6 Å². The molecule has 3 aromatic carbocycles. The molecule has 0 saturated carbocycles. The van der Waals surface area contributed by atoms with Crippen LogP contribution in [0.25, 0.3) is 0 Å². The van der Waals surface area contributed by atoms with Crippen molar-refractivity contribution in [2.24, 2.45) is 5.92 Å². The van der Waals surface area contributed by atoms with Gasteiger partial charge in [0.05, 0.1) is 27.4 Å². The lowest BCUT2D eigenvalue weighted by atomic mass is 9.69. The maximum absolute atomic E-state index is 14.5. The highest BCUT2D eigenvalue weighted by molar-refractivity contribution is 7.98. The number of ketones is 2. The number of hydrogen-bond donors (Lipinski definition) is 2. The summed E-state index contributed by atoms with van der Waals surface area (Å²) in [7, 11) is 6.39. The molecule has 280 valence electrons. The van der Waals surface area contributed by atoms with Gasteiger partial charge in [0, 0.05) is 59.9 Å². The zero-order valence-corrected chi connectivity index (χ0v) is 31.9. The number of carbonyl (C=O) groups excluding carboxylic acids is 3. The van der Waals surface area contributed by atoms with E-state index in [0.717, 1.165) is 29.0 Å². The fraction of sp³-hybridized carbons (Fsp3) is 0.410. The first kappa shape index (κ1) is 36.8. The maximum Gasteiger partial charge on any atom is 0.231 e. The molecule has 0 radical (unpaired) electrons. The van der Waals surface area contributed by atoms with Gasteiger partial charge in [-0.05, 0) is 49.1 Å². The molecule has 1 amide bonds. The number of hydrogen-bond acceptors (Lipinski definition) is 12. The number of fused-ring (bicyclic) bond motifs is 3. The van der Waals surface area contributed by atoms with Crippen LogP contribution in [0.3, 0.4) is 0 Å². The Hall–Kier alpha value is -4.59. The van der Waals surface area contributed by atoms with Gasteiger partial charge in [-0.2, -0.15) is 0 Å². The van der Waals surface area contributed by atoms with Crippen molar-refractivity contribution in [3.63, 3.8) is 0 Å². The summed E-state index contributed by atoms with van der Waals surface area (Å²) in [5, 5.41) is 15.4. The molecule has 0 saturated heterocycles. The van der Waals surface area contributed by atoms with E-state index in [1.165, 1.54) is 20.3 Å². The Kier molecular flexibility index (Phi) is 9.94. The maximum atomic E-state index is 14.5. The summed E-state index contributed by atoms with van der Waals surface area (Å²) in [5.74, 6) is -1.50. The van der Waals surface area contributed by atoms with Crippen LogP contribution in [0.4, 0.5) is 0 Å². The minimum Gasteiger partial charge on any atom is -0.507 e. The Balaban J connectivity index is 1.25. The van der Waals surface area contributed by atoms with Gasteiger partial charge >= 0.3 is 0 Å². The number of benzene rings is 3. The van der Waals surface area contributed by atoms with Gasteiger partial charge in [-0.15, -0.1) is 11.8 Å². The van der Waals surface area contributed by atoms with Crippen molar-refractivity contribution >= 4 is 40.8 Å². The molecule has 3 heterocycles. The summed E-state index contributed by atoms with van der Waals surface area (Å²) in [5.41, 5.74) is 0.573. The molecule has 3 aliphatic heterocycles. The third kappa shape index (κ3) is 5.93. The number of nitrogens with zero attached hydrogens (tertiary/aromatic N) is 1. The quantitative estimate of drug-likeness (QED) is 0.232. The fourth-order valence-corrected chi connectivity index (χ4v) is 8.69. The molecule has 7 rings (SSSR count). The highest BCUT2D eigenvalue weighted by Crippen LogP contribution is 2.56. The fourth-order valence-electron chi connectivity index (χ4n) is 8.01. The number of halogens is 1. The molecule has 1 spiro atoms.